The summed E-state index contributed by atoms with van der Waals surface area (Å²) in [6, 6.07) is 15.4. The highest BCUT2D eigenvalue weighted by atomic mass is 35.5. The van der Waals surface area contributed by atoms with Crippen molar-refractivity contribution in [1.82, 2.24) is 9.97 Å². The van der Waals surface area contributed by atoms with Crippen molar-refractivity contribution in [2.24, 2.45) is 0 Å². The molecule has 0 aliphatic heterocycles. The van der Waals surface area contributed by atoms with Crippen molar-refractivity contribution in [3.05, 3.63) is 71.1 Å². The van der Waals surface area contributed by atoms with E-state index in [4.69, 9.17) is 16.3 Å². The molecular weight excluding hydrogens is 296 g/mol. The van der Waals surface area contributed by atoms with Crippen LogP contribution in [0.15, 0.2) is 54.7 Å². The molecule has 3 aromatic rings. The van der Waals surface area contributed by atoms with Crippen molar-refractivity contribution in [2.45, 2.75) is 13.8 Å². The van der Waals surface area contributed by atoms with E-state index in [2.05, 4.69) is 23.0 Å². The first-order chi connectivity index (χ1) is 10.6. The first kappa shape index (κ1) is 14.5. The van der Waals surface area contributed by atoms with Gasteiger partial charge in [-0.25, -0.2) is 9.97 Å². The van der Waals surface area contributed by atoms with Crippen molar-refractivity contribution in [3.63, 3.8) is 0 Å². The van der Waals surface area contributed by atoms with Gasteiger partial charge in [0.1, 0.15) is 16.6 Å². The molecule has 0 fully saturated rings. The van der Waals surface area contributed by atoms with Gasteiger partial charge in [0.15, 0.2) is 5.75 Å². The van der Waals surface area contributed by atoms with Crippen LogP contribution in [-0.4, -0.2) is 9.97 Å². The van der Waals surface area contributed by atoms with Gasteiger partial charge < -0.3 is 4.74 Å². The molecule has 0 N–H and O–H groups in total. The third-order valence-electron chi connectivity index (χ3n) is 3.32. The van der Waals surface area contributed by atoms with Crippen LogP contribution >= 0.6 is 11.6 Å². The van der Waals surface area contributed by atoms with Gasteiger partial charge in [-0.2, -0.15) is 0 Å². The first-order valence-electron chi connectivity index (χ1n) is 6.96. The molecule has 3 rings (SSSR count). The van der Waals surface area contributed by atoms with Crippen molar-refractivity contribution in [2.75, 3.05) is 0 Å². The second kappa shape index (κ2) is 6.16. The van der Waals surface area contributed by atoms with Crippen LogP contribution in [0.25, 0.3) is 11.3 Å². The third kappa shape index (κ3) is 3.10. The molecule has 0 unspecified atom stereocenters. The zero-order chi connectivity index (χ0) is 15.5. The van der Waals surface area contributed by atoms with Crippen molar-refractivity contribution in [3.8, 4) is 22.8 Å². The van der Waals surface area contributed by atoms with Crippen LogP contribution in [0.3, 0.4) is 0 Å². The fourth-order valence-corrected chi connectivity index (χ4v) is 2.40. The molecule has 1 aromatic carbocycles. The van der Waals surface area contributed by atoms with Crippen LogP contribution in [0.5, 0.6) is 11.5 Å². The van der Waals surface area contributed by atoms with Gasteiger partial charge in [-0.05, 0) is 37.6 Å². The summed E-state index contributed by atoms with van der Waals surface area (Å²) < 4.78 is 5.97. The molecule has 0 saturated carbocycles. The third-order valence-corrected chi connectivity index (χ3v) is 3.53. The summed E-state index contributed by atoms with van der Waals surface area (Å²) in [4.78, 5) is 8.61. The molecule has 2 heterocycles. The zero-order valence-electron chi connectivity index (χ0n) is 12.4. The quantitative estimate of drug-likeness (QED) is 0.623. The summed E-state index contributed by atoms with van der Waals surface area (Å²) in [6.45, 7) is 4.03. The van der Waals surface area contributed by atoms with E-state index in [1.54, 1.807) is 18.3 Å². The van der Waals surface area contributed by atoms with Gasteiger partial charge in [0, 0.05) is 23.5 Å². The predicted octanol–water partition coefficient (Wildman–Crippen LogP) is 5.21. The summed E-state index contributed by atoms with van der Waals surface area (Å²) in [5.41, 5.74) is 3.98. The van der Waals surface area contributed by atoms with E-state index >= 15 is 0 Å². The zero-order valence-corrected chi connectivity index (χ0v) is 13.1. The van der Waals surface area contributed by atoms with Gasteiger partial charge in [0.2, 0.25) is 0 Å². The van der Waals surface area contributed by atoms with Crippen LogP contribution in [0, 0.1) is 13.8 Å². The Balaban J connectivity index is 2.07. The minimum atomic E-state index is 0.398. The summed E-state index contributed by atoms with van der Waals surface area (Å²) in [5, 5.41) is 0.398. The number of halogens is 1. The normalized spacial score (nSPS) is 10.5. The number of hydrogen-bond acceptors (Lipinski definition) is 3. The van der Waals surface area contributed by atoms with Crippen LogP contribution in [0.2, 0.25) is 5.15 Å². The number of nitrogens with zero attached hydrogens (tertiary/aromatic N) is 2. The van der Waals surface area contributed by atoms with Crippen molar-refractivity contribution >= 4 is 11.6 Å². The van der Waals surface area contributed by atoms with E-state index in [-0.39, 0.29) is 0 Å². The van der Waals surface area contributed by atoms with Gasteiger partial charge in [0.05, 0.1) is 0 Å². The monoisotopic (exact) mass is 310 g/mol. The Labute approximate surface area is 134 Å². The molecule has 0 spiro atoms. The van der Waals surface area contributed by atoms with Gasteiger partial charge >= 0.3 is 0 Å². The Morgan fingerprint density at radius 1 is 1.00 bits per heavy atom. The second-order valence-electron chi connectivity index (χ2n) is 5.03. The van der Waals surface area contributed by atoms with E-state index in [1.807, 2.05) is 37.3 Å². The number of aryl methyl sites for hydroxylation is 2. The molecular formula is C18H15ClN2O. The minimum Gasteiger partial charge on any atom is -0.455 e. The van der Waals surface area contributed by atoms with E-state index in [0.29, 0.717) is 16.7 Å². The summed E-state index contributed by atoms with van der Waals surface area (Å²) in [5.74, 6) is 1.34. The number of ether oxygens (including phenoxy) is 1. The highest BCUT2D eigenvalue weighted by molar-refractivity contribution is 6.29. The number of rotatable bonds is 3. The maximum Gasteiger partial charge on any atom is 0.153 e. The van der Waals surface area contributed by atoms with Gasteiger partial charge in [-0.15, -0.1) is 0 Å². The lowest BCUT2D eigenvalue weighted by Crippen LogP contribution is -1.95. The SMILES string of the molecule is Cc1ccc(Oc2ccnc(Cl)c2)c(-c2ccccc2C)n1. The second-order valence-corrected chi connectivity index (χ2v) is 5.42. The predicted molar refractivity (Wildman–Crippen MR) is 88.5 cm³/mol. The van der Waals surface area contributed by atoms with Gasteiger partial charge in [0.25, 0.3) is 0 Å². The number of hydrogen-bond donors (Lipinski definition) is 0. The average molecular weight is 311 g/mol. The molecule has 0 aliphatic carbocycles. The van der Waals surface area contributed by atoms with E-state index in [0.717, 1.165) is 22.5 Å². The van der Waals surface area contributed by atoms with Crippen LogP contribution in [0.1, 0.15) is 11.3 Å². The van der Waals surface area contributed by atoms with Crippen LogP contribution in [0.4, 0.5) is 0 Å². The van der Waals surface area contributed by atoms with Crippen molar-refractivity contribution < 1.29 is 4.74 Å². The van der Waals surface area contributed by atoms with Crippen molar-refractivity contribution in [1.29, 1.82) is 0 Å². The smallest absolute Gasteiger partial charge is 0.153 e. The maximum absolute atomic E-state index is 5.97. The van der Waals surface area contributed by atoms with E-state index in [9.17, 15) is 0 Å². The Hall–Kier alpha value is -2.39. The molecule has 3 nitrogen and oxygen atoms in total. The molecule has 0 saturated heterocycles. The first-order valence-corrected chi connectivity index (χ1v) is 7.34. The Kier molecular flexibility index (Phi) is 4.07. The fourth-order valence-electron chi connectivity index (χ4n) is 2.23. The number of benzene rings is 1. The largest absolute Gasteiger partial charge is 0.455 e. The lowest BCUT2D eigenvalue weighted by atomic mass is 10.0. The molecule has 110 valence electrons. The van der Waals surface area contributed by atoms with E-state index in [1.165, 1.54) is 0 Å². The number of aromatic nitrogens is 2. The van der Waals surface area contributed by atoms with Gasteiger partial charge in [-0.1, -0.05) is 35.9 Å². The average Bonchev–Trinajstić information content (AvgIpc) is 2.50. The standard InChI is InChI=1S/C18H15ClN2O/c1-12-5-3-4-6-15(12)18-16(8-7-13(2)21-18)22-14-9-10-20-17(19)11-14/h3-11H,1-2H3. The Morgan fingerprint density at radius 2 is 1.82 bits per heavy atom. The maximum atomic E-state index is 5.97. The fraction of sp³-hybridized carbons (Fsp3) is 0.111. The topological polar surface area (TPSA) is 35.0 Å². The highest BCUT2D eigenvalue weighted by Gasteiger charge is 2.12. The molecule has 22 heavy (non-hydrogen) atoms. The van der Waals surface area contributed by atoms with E-state index < -0.39 is 0 Å². The Morgan fingerprint density at radius 3 is 2.59 bits per heavy atom. The molecule has 4 heteroatoms. The molecule has 0 atom stereocenters. The summed E-state index contributed by atoms with van der Waals surface area (Å²) >= 11 is 5.91. The molecule has 0 amide bonds. The van der Waals surface area contributed by atoms with Crippen LogP contribution < -0.4 is 4.74 Å². The molecule has 0 bridgehead atoms. The minimum absolute atomic E-state index is 0.398. The molecule has 0 aliphatic rings. The lowest BCUT2D eigenvalue weighted by molar-refractivity contribution is 0.481. The molecule has 2 aromatic heterocycles. The Bertz CT molecular complexity index is 818. The summed E-state index contributed by atoms with van der Waals surface area (Å²) in [7, 11) is 0. The lowest BCUT2D eigenvalue weighted by Gasteiger charge is -2.13. The number of pyridine rings is 2. The van der Waals surface area contributed by atoms with Crippen LogP contribution in [-0.2, 0) is 0 Å². The highest BCUT2D eigenvalue weighted by Crippen LogP contribution is 2.34. The molecule has 0 radical (unpaired) electrons. The van der Waals surface area contributed by atoms with Gasteiger partial charge in [-0.3, -0.25) is 0 Å². The summed E-state index contributed by atoms with van der Waals surface area (Å²) in [6.07, 6.45) is 1.62.